The molecular formula is C25H29NO2S2. The molecule has 1 aliphatic heterocycles. The molecule has 0 N–H and O–H groups in total. The predicted octanol–water partition coefficient (Wildman–Crippen LogP) is 7.57. The zero-order chi connectivity index (χ0) is 20.8. The molecule has 158 valence electrons. The number of rotatable bonds is 4. The van der Waals surface area contributed by atoms with Gasteiger partial charge in [-0.3, -0.25) is 4.79 Å². The molecule has 1 aliphatic rings. The number of carbonyl (C=O) groups is 1. The fourth-order valence-corrected chi connectivity index (χ4v) is 4.89. The molecule has 5 heteroatoms. The molecule has 0 spiro atoms. The molecule has 30 heavy (non-hydrogen) atoms. The van der Waals surface area contributed by atoms with Crippen LogP contribution < -0.4 is 0 Å². The van der Waals surface area contributed by atoms with Gasteiger partial charge in [-0.05, 0) is 55.5 Å². The van der Waals surface area contributed by atoms with Crippen molar-refractivity contribution in [2.45, 2.75) is 44.4 Å². The van der Waals surface area contributed by atoms with E-state index < -0.39 is 0 Å². The Bertz CT molecular complexity index is 1040. The lowest BCUT2D eigenvalue weighted by atomic mass is 10.1. The first kappa shape index (κ1) is 24.1. The normalized spacial score (nSPS) is 11.7. The lowest BCUT2D eigenvalue weighted by molar-refractivity contribution is 0.101. The van der Waals surface area contributed by atoms with Gasteiger partial charge in [-0.15, -0.1) is 11.3 Å². The van der Waals surface area contributed by atoms with Crippen molar-refractivity contribution in [3.8, 4) is 0 Å². The van der Waals surface area contributed by atoms with Gasteiger partial charge in [0.2, 0.25) is 0 Å². The fraction of sp³-hybridized carbons (Fsp3) is 0.280. The number of thiophene rings is 1. The monoisotopic (exact) mass is 439 g/mol. The maximum Gasteiger partial charge on any atom is 0.159 e. The summed E-state index contributed by atoms with van der Waals surface area (Å²) in [5, 5.41) is 2.10. The molecule has 2 aromatic carbocycles. The van der Waals surface area contributed by atoms with Crippen LogP contribution in [0.3, 0.4) is 0 Å². The van der Waals surface area contributed by atoms with Gasteiger partial charge in [0.1, 0.15) is 0 Å². The number of carbonyl (C=O) groups excluding carboxylic acids is 1. The van der Waals surface area contributed by atoms with Gasteiger partial charge in [0.25, 0.3) is 0 Å². The van der Waals surface area contributed by atoms with Crippen LogP contribution in [0.15, 0.2) is 68.7 Å². The fourth-order valence-electron chi connectivity index (χ4n) is 2.95. The third-order valence-corrected chi connectivity index (χ3v) is 6.61. The molecule has 2 heterocycles. The van der Waals surface area contributed by atoms with E-state index >= 15 is 0 Å². The summed E-state index contributed by atoms with van der Waals surface area (Å²) in [6.45, 7) is 6.68. The van der Waals surface area contributed by atoms with Crippen LogP contribution in [-0.2, 0) is 4.74 Å². The first-order chi connectivity index (χ1) is 14.0. The summed E-state index contributed by atoms with van der Waals surface area (Å²) < 4.78 is 4.69. The van der Waals surface area contributed by atoms with Gasteiger partial charge in [-0.2, -0.15) is 0 Å². The van der Waals surface area contributed by atoms with Gasteiger partial charge < -0.3 is 4.74 Å². The van der Waals surface area contributed by atoms with Gasteiger partial charge >= 0.3 is 0 Å². The van der Waals surface area contributed by atoms with Crippen LogP contribution in [0.1, 0.15) is 54.1 Å². The van der Waals surface area contributed by atoms with E-state index in [0.29, 0.717) is 5.56 Å². The highest BCUT2D eigenvalue weighted by atomic mass is 32.2. The molecule has 0 atom stereocenters. The Balaban J connectivity index is 0.000000482. The molecule has 1 aromatic heterocycles. The van der Waals surface area contributed by atoms with Crippen molar-refractivity contribution in [2.24, 2.45) is 4.99 Å². The Morgan fingerprint density at radius 2 is 1.87 bits per heavy atom. The van der Waals surface area contributed by atoms with Crippen molar-refractivity contribution in [3.63, 3.8) is 0 Å². The van der Waals surface area contributed by atoms with Gasteiger partial charge in [0, 0.05) is 34.6 Å². The highest BCUT2D eigenvalue weighted by molar-refractivity contribution is 7.99. The Hall–Kier alpha value is -2.21. The second-order valence-electron chi connectivity index (χ2n) is 6.72. The van der Waals surface area contributed by atoms with E-state index in [-0.39, 0.29) is 13.2 Å². The molecule has 0 saturated heterocycles. The van der Waals surface area contributed by atoms with E-state index in [9.17, 15) is 4.79 Å². The number of benzene rings is 2. The Labute approximate surface area is 188 Å². The first-order valence-corrected chi connectivity index (χ1v) is 11.3. The van der Waals surface area contributed by atoms with Crippen molar-refractivity contribution < 1.29 is 9.53 Å². The molecule has 3 nitrogen and oxygen atoms in total. The molecular weight excluding hydrogens is 410 g/mol. The van der Waals surface area contributed by atoms with E-state index in [1.165, 1.54) is 15.3 Å². The summed E-state index contributed by atoms with van der Waals surface area (Å²) >= 11 is 3.42. The Kier molecular flexibility index (Phi) is 9.03. The summed E-state index contributed by atoms with van der Waals surface area (Å²) in [4.78, 5) is 20.2. The smallest absolute Gasteiger partial charge is 0.159 e. The van der Waals surface area contributed by atoms with Crippen LogP contribution in [0.2, 0.25) is 0 Å². The maximum absolute atomic E-state index is 11.7. The van der Waals surface area contributed by atoms with Crippen molar-refractivity contribution in [1.82, 2.24) is 0 Å². The number of ketones is 1. The maximum atomic E-state index is 11.7. The number of aryl methyl sites for hydroxylation is 1. The largest absolute Gasteiger partial charge is 0.385 e. The number of hydrogen-bond donors (Lipinski definition) is 0. The quantitative estimate of drug-likeness (QED) is 0.308. The minimum atomic E-state index is 0. The summed E-state index contributed by atoms with van der Waals surface area (Å²) in [6, 6.07) is 16.3. The van der Waals surface area contributed by atoms with Crippen molar-refractivity contribution in [3.05, 3.63) is 75.5 Å². The van der Waals surface area contributed by atoms with Crippen molar-refractivity contribution in [2.75, 3.05) is 13.7 Å². The molecule has 4 rings (SSSR count). The molecule has 0 amide bonds. The Morgan fingerprint density at radius 1 is 1.10 bits per heavy atom. The second-order valence-corrected chi connectivity index (χ2v) is 8.72. The Morgan fingerprint density at radius 3 is 2.47 bits per heavy atom. The molecule has 0 fully saturated rings. The number of fused-ring (bicyclic) bond motifs is 2. The van der Waals surface area contributed by atoms with Crippen LogP contribution in [0.4, 0.5) is 5.69 Å². The number of Topliss-reactive ketones (excluding diaryl/α,β-unsaturated/α-hetero) is 1. The average molecular weight is 440 g/mol. The molecule has 0 saturated carbocycles. The van der Waals surface area contributed by atoms with E-state index in [1.807, 2.05) is 18.2 Å². The van der Waals surface area contributed by atoms with Crippen LogP contribution in [-0.4, -0.2) is 25.2 Å². The van der Waals surface area contributed by atoms with E-state index in [0.717, 1.165) is 34.9 Å². The van der Waals surface area contributed by atoms with E-state index in [1.54, 1.807) is 37.1 Å². The number of methoxy groups -OCH3 is 1. The SMILES string of the molecule is C.CC(=O)c1ccc2c(c1)N=C(c1sccc1C)c1ccccc1S2.CCCOC. The molecule has 0 radical (unpaired) electrons. The van der Waals surface area contributed by atoms with E-state index in [4.69, 9.17) is 9.73 Å². The van der Waals surface area contributed by atoms with Gasteiger partial charge in [0.15, 0.2) is 5.78 Å². The van der Waals surface area contributed by atoms with Crippen molar-refractivity contribution >= 4 is 40.3 Å². The summed E-state index contributed by atoms with van der Waals surface area (Å²) in [7, 11) is 1.71. The van der Waals surface area contributed by atoms with Crippen LogP contribution in [0.25, 0.3) is 0 Å². The molecule has 3 aromatic rings. The molecule has 0 aliphatic carbocycles. The molecule has 0 unspecified atom stereocenters. The summed E-state index contributed by atoms with van der Waals surface area (Å²) in [5.41, 5.74) is 4.93. The third-order valence-electron chi connectivity index (χ3n) is 4.45. The van der Waals surface area contributed by atoms with Crippen LogP contribution in [0.5, 0.6) is 0 Å². The number of hydrogen-bond acceptors (Lipinski definition) is 5. The van der Waals surface area contributed by atoms with Crippen molar-refractivity contribution in [1.29, 1.82) is 0 Å². The zero-order valence-corrected chi connectivity index (χ0v) is 18.8. The number of ether oxygens (including phenoxy) is 1. The number of aliphatic imine (C=N–C) groups is 1. The first-order valence-electron chi connectivity index (χ1n) is 9.59. The highest BCUT2D eigenvalue weighted by Gasteiger charge is 2.21. The molecule has 0 bridgehead atoms. The predicted molar refractivity (Wildman–Crippen MR) is 130 cm³/mol. The second kappa shape index (κ2) is 11.3. The topological polar surface area (TPSA) is 38.7 Å². The standard InChI is InChI=1S/C20H15NOS2.C4H10O.CH4/c1-12-9-10-23-20(12)19-15-5-3-4-6-17(15)24-18-8-7-14(13(2)22)11-16(18)21-19;1-3-4-5-2;/h3-11H,1-2H3;3-4H2,1-2H3;1H4. The highest BCUT2D eigenvalue weighted by Crippen LogP contribution is 2.42. The summed E-state index contributed by atoms with van der Waals surface area (Å²) in [6.07, 6.45) is 1.12. The lowest BCUT2D eigenvalue weighted by Crippen LogP contribution is -2.03. The summed E-state index contributed by atoms with van der Waals surface area (Å²) in [5.74, 6) is 0.0635. The van der Waals surface area contributed by atoms with Gasteiger partial charge in [-0.25, -0.2) is 4.99 Å². The van der Waals surface area contributed by atoms with E-state index in [2.05, 4.69) is 49.6 Å². The number of nitrogens with zero attached hydrogens (tertiary/aromatic N) is 1. The van der Waals surface area contributed by atoms with Crippen LogP contribution in [0, 0.1) is 6.92 Å². The van der Waals surface area contributed by atoms with Gasteiger partial charge in [-0.1, -0.05) is 50.4 Å². The van der Waals surface area contributed by atoms with Gasteiger partial charge in [0.05, 0.1) is 16.3 Å². The van der Waals surface area contributed by atoms with Crippen LogP contribution >= 0.6 is 23.1 Å². The minimum absolute atomic E-state index is 0. The average Bonchev–Trinajstić information content (AvgIpc) is 3.06. The lowest BCUT2D eigenvalue weighted by Gasteiger charge is -2.08. The zero-order valence-electron chi connectivity index (χ0n) is 17.2. The third kappa shape index (κ3) is 5.48. The minimum Gasteiger partial charge on any atom is -0.385 e.